The van der Waals surface area contributed by atoms with Crippen molar-refractivity contribution in [3.05, 3.63) is 104 Å². The van der Waals surface area contributed by atoms with Crippen molar-refractivity contribution in [1.29, 1.82) is 0 Å². The van der Waals surface area contributed by atoms with Crippen LogP contribution in [0.4, 0.5) is 11.4 Å². The number of anilines is 1. The zero-order chi connectivity index (χ0) is 27.0. The lowest BCUT2D eigenvalue weighted by Crippen LogP contribution is -2.14. The fraction of sp³-hybridized carbons (Fsp3) is 0. The van der Waals surface area contributed by atoms with E-state index in [1.54, 1.807) is 24.3 Å². The first-order valence-electron chi connectivity index (χ1n) is 10.8. The summed E-state index contributed by atoms with van der Waals surface area (Å²) in [7, 11) is -4.14. The normalized spacial score (nSPS) is 11.4. The molecule has 2 N–H and O–H groups in total. The molecule has 0 aliphatic rings. The maximum atomic E-state index is 13.3. The zero-order valence-corrected chi connectivity index (χ0v) is 22.1. The standard InChI is InChI=1S/C25H15Cl3N4O5S/c26-17-11-14(9-10-23(17)32(33)34)37-24-18(27)12-15(13-19(24)28)38(35,36)31-20-6-2-1-5-16(20)25-29-21-7-3-4-8-22(21)30-25/h1-13,31H,(H,29,30). The summed E-state index contributed by atoms with van der Waals surface area (Å²) in [4.78, 5) is 17.9. The molecule has 0 radical (unpaired) electrons. The van der Waals surface area contributed by atoms with Gasteiger partial charge in [0.15, 0.2) is 5.75 Å². The molecule has 4 aromatic carbocycles. The van der Waals surface area contributed by atoms with Crippen molar-refractivity contribution in [3.63, 3.8) is 0 Å². The van der Waals surface area contributed by atoms with Crippen LogP contribution in [0.3, 0.4) is 0 Å². The Labute approximate surface area is 231 Å². The summed E-state index contributed by atoms with van der Waals surface area (Å²) in [5.74, 6) is 0.573. The fourth-order valence-corrected chi connectivity index (χ4v) is 5.73. The summed E-state index contributed by atoms with van der Waals surface area (Å²) >= 11 is 18.6. The molecule has 38 heavy (non-hydrogen) atoms. The van der Waals surface area contributed by atoms with E-state index in [2.05, 4.69) is 14.7 Å². The zero-order valence-electron chi connectivity index (χ0n) is 19.0. The summed E-state index contributed by atoms with van der Waals surface area (Å²) in [5, 5.41) is 10.6. The van der Waals surface area contributed by atoms with Gasteiger partial charge in [-0.2, -0.15) is 0 Å². The Kier molecular flexibility index (Phi) is 6.89. The maximum Gasteiger partial charge on any atom is 0.288 e. The van der Waals surface area contributed by atoms with E-state index in [9.17, 15) is 18.5 Å². The third-order valence-corrected chi connectivity index (χ3v) is 7.64. The van der Waals surface area contributed by atoms with Crippen LogP contribution in [0.5, 0.6) is 11.5 Å². The average molecular weight is 590 g/mol. The highest BCUT2D eigenvalue weighted by molar-refractivity contribution is 7.92. The first kappa shape index (κ1) is 25.8. The Morgan fingerprint density at radius 3 is 2.26 bits per heavy atom. The second-order valence-corrected chi connectivity index (χ2v) is 10.8. The Bertz CT molecular complexity index is 1770. The van der Waals surface area contributed by atoms with E-state index in [0.717, 1.165) is 11.0 Å². The van der Waals surface area contributed by atoms with Crippen molar-refractivity contribution in [2.24, 2.45) is 0 Å². The Hall–Kier alpha value is -3.83. The van der Waals surface area contributed by atoms with Gasteiger partial charge in [-0.05, 0) is 42.5 Å². The number of nitrogens with zero attached hydrogens (tertiary/aromatic N) is 2. The molecule has 0 spiro atoms. The molecule has 13 heteroatoms. The average Bonchev–Trinajstić information content (AvgIpc) is 3.30. The lowest BCUT2D eigenvalue weighted by molar-refractivity contribution is -0.384. The van der Waals surface area contributed by atoms with Gasteiger partial charge in [-0.3, -0.25) is 14.8 Å². The van der Waals surface area contributed by atoms with E-state index in [-0.39, 0.29) is 37.1 Å². The first-order chi connectivity index (χ1) is 18.1. The Morgan fingerprint density at radius 1 is 0.895 bits per heavy atom. The van der Waals surface area contributed by atoms with Crippen LogP contribution in [-0.2, 0) is 10.0 Å². The number of aromatic amines is 1. The molecule has 0 saturated heterocycles. The van der Waals surface area contributed by atoms with Gasteiger partial charge >= 0.3 is 0 Å². The minimum atomic E-state index is -4.14. The molecule has 0 atom stereocenters. The largest absolute Gasteiger partial charge is 0.454 e. The summed E-state index contributed by atoms with van der Waals surface area (Å²) in [6, 6.07) is 20.3. The van der Waals surface area contributed by atoms with Gasteiger partial charge in [0.25, 0.3) is 15.7 Å². The third-order valence-electron chi connectivity index (χ3n) is 5.43. The highest BCUT2D eigenvalue weighted by Gasteiger charge is 2.22. The highest BCUT2D eigenvalue weighted by atomic mass is 35.5. The van der Waals surface area contributed by atoms with Gasteiger partial charge in [0.2, 0.25) is 0 Å². The fourth-order valence-electron chi connectivity index (χ4n) is 3.67. The summed E-state index contributed by atoms with van der Waals surface area (Å²) < 4.78 is 34.8. The molecular weight excluding hydrogens is 575 g/mol. The van der Waals surface area contributed by atoms with Crippen LogP contribution in [0.25, 0.3) is 22.4 Å². The number of para-hydroxylation sites is 3. The first-order valence-corrected chi connectivity index (χ1v) is 13.4. The van der Waals surface area contributed by atoms with Crippen molar-refractivity contribution in [3.8, 4) is 22.9 Å². The summed E-state index contributed by atoms with van der Waals surface area (Å²) in [6.45, 7) is 0. The SMILES string of the molecule is O=[N+]([O-])c1ccc(Oc2c(Cl)cc(S(=O)(=O)Nc3ccccc3-c3nc4ccccc4[nH]3)cc2Cl)cc1Cl. The van der Waals surface area contributed by atoms with Gasteiger partial charge in [-0.1, -0.05) is 59.1 Å². The molecule has 1 heterocycles. The van der Waals surface area contributed by atoms with E-state index in [0.29, 0.717) is 17.1 Å². The number of nitrogens with one attached hydrogen (secondary N) is 2. The third kappa shape index (κ3) is 5.11. The van der Waals surface area contributed by atoms with E-state index in [1.807, 2.05) is 24.3 Å². The van der Waals surface area contributed by atoms with Gasteiger partial charge < -0.3 is 9.72 Å². The van der Waals surface area contributed by atoms with E-state index in [1.165, 1.54) is 30.3 Å². The lowest BCUT2D eigenvalue weighted by Gasteiger charge is -2.14. The number of imidazole rings is 1. The van der Waals surface area contributed by atoms with E-state index >= 15 is 0 Å². The number of benzene rings is 4. The molecule has 5 aromatic rings. The number of aromatic nitrogens is 2. The van der Waals surface area contributed by atoms with Gasteiger partial charge in [-0.15, -0.1) is 0 Å². The quantitative estimate of drug-likeness (QED) is 0.148. The van der Waals surface area contributed by atoms with Crippen LogP contribution >= 0.6 is 34.8 Å². The summed E-state index contributed by atoms with van der Waals surface area (Å²) in [5.41, 5.74) is 2.08. The number of sulfonamides is 1. The molecule has 1 aromatic heterocycles. The van der Waals surface area contributed by atoms with Crippen LogP contribution in [0.2, 0.25) is 15.1 Å². The number of hydrogen-bond donors (Lipinski definition) is 2. The summed E-state index contributed by atoms with van der Waals surface area (Å²) in [6.07, 6.45) is 0. The van der Waals surface area contributed by atoms with Gasteiger partial charge in [0.1, 0.15) is 16.6 Å². The van der Waals surface area contributed by atoms with Crippen LogP contribution in [0.15, 0.2) is 83.8 Å². The number of nitro benzene ring substituents is 1. The molecule has 9 nitrogen and oxygen atoms in total. The topological polar surface area (TPSA) is 127 Å². The van der Waals surface area contributed by atoms with Crippen LogP contribution in [0.1, 0.15) is 0 Å². The molecule has 0 aliphatic heterocycles. The van der Waals surface area contributed by atoms with Crippen molar-refractivity contribution in [2.45, 2.75) is 4.90 Å². The Morgan fingerprint density at radius 2 is 1.58 bits per heavy atom. The predicted octanol–water partition coefficient (Wildman–Crippen LogP) is 7.69. The van der Waals surface area contributed by atoms with Gasteiger partial charge in [0.05, 0.1) is 36.6 Å². The number of H-pyrrole nitrogens is 1. The van der Waals surface area contributed by atoms with Crippen LogP contribution < -0.4 is 9.46 Å². The minimum Gasteiger partial charge on any atom is -0.454 e. The van der Waals surface area contributed by atoms with E-state index in [4.69, 9.17) is 39.5 Å². The monoisotopic (exact) mass is 588 g/mol. The number of halogens is 3. The van der Waals surface area contributed by atoms with Crippen molar-refractivity contribution in [2.75, 3.05) is 4.72 Å². The number of nitro groups is 1. The van der Waals surface area contributed by atoms with Gasteiger partial charge in [-0.25, -0.2) is 13.4 Å². The molecule has 0 unspecified atom stereocenters. The number of fused-ring (bicyclic) bond motifs is 1. The molecule has 0 aliphatic carbocycles. The number of rotatable bonds is 7. The van der Waals surface area contributed by atoms with Gasteiger partial charge in [0, 0.05) is 17.7 Å². The molecule has 5 rings (SSSR count). The second-order valence-electron chi connectivity index (χ2n) is 7.94. The smallest absolute Gasteiger partial charge is 0.288 e. The number of ether oxygens (including phenoxy) is 1. The van der Waals surface area contributed by atoms with E-state index < -0.39 is 14.9 Å². The molecule has 192 valence electrons. The minimum absolute atomic E-state index is 0.0418. The second kappa shape index (κ2) is 10.1. The maximum absolute atomic E-state index is 13.3. The Balaban J connectivity index is 1.44. The van der Waals surface area contributed by atoms with Crippen LogP contribution in [0, 0.1) is 10.1 Å². The molecule has 0 saturated carbocycles. The molecular formula is C25H15Cl3N4O5S. The van der Waals surface area contributed by atoms with Crippen molar-refractivity contribution < 1.29 is 18.1 Å². The van der Waals surface area contributed by atoms with Crippen molar-refractivity contribution in [1.82, 2.24) is 9.97 Å². The lowest BCUT2D eigenvalue weighted by atomic mass is 10.2. The highest BCUT2D eigenvalue weighted by Crippen LogP contribution is 2.40. The molecule has 0 bridgehead atoms. The number of hydrogen-bond acceptors (Lipinski definition) is 6. The van der Waals surface area contributed by atoms with Crippen molar-refractivity contribution >= 4 is 67.2 Å². The predicted molar refractivity (Wildman–Crippen MR) is 147 cm³/mol. The molecule has 0 amide bonds. The van der Waals surface area contributed by atoms with Crippen LogP contribution in [-0.4, -0.2) is 23.3 Å². The molecule has 0 fully saturated rings.